The van der Waals surface area contributed by atoms with E-state index in [0.717, 1.165) is 31.5 Å². The van der Waals surface area contributed by atoms with E-state index in [-0.39, 0.29) is 5.88 Å². The highest BCUT2D eigenvalue weighted by molar-refractivity contribution is 5.77. The van der Waals surface area contributed by atoms with E-state index in [1.54, 1.807) is 18.6 Å². The Kier molecular flexibility index (Phi) is 5.05. The molecule has 1 atom stereocenters. The van der Waals surface area contributed by atoms with Crippen LogP contribution in [0.4, 0.5) is 14.6 Å². The molecule has 3 aromatic rings. The van der Waals surface area contributed by atoms with E-state index in [9.17, 15) is 8.78 Å². The molecule has 4 heterocycles. The largest absolute Gasteiger partial charge is 0.470 e. The van der Waals surface area contributed by atoms with Crippen LogP contribution < -0.4 is 15.4 Å². The predicted octanol–water partition coefficient (Wildman–Crippen LogP) is 1.99. The first-order valence-corrected chi connectivity index (χ1v) is 8.73. The quantitative estimate of drug-likeness (QED) is 0.681. The molecule has 0 aromatic carbocycles. The highest BCUT2D eigenvalue weighted by Gasteiger charge is 2.15. The zero-order valence-corrected chi connectivity index (χ0v) is 14.5. The maximum atomic E-state index is 12.3. The molecule has 1 aliphatic heterocycles. The third-order valence-corrected chi connectivity index (χ3v) is 4.30. The molecule has 0 amide bonds. The summed E-state index contributed by atoms with van der Waals surface area (Å²) in [5, 5.41) is 11.0. The van der Waals surface area contributed by atoms with Crippen molar-refractivity contribution < 1.29 is 13.5 Å². The lowest BCUT2D eigenvalue weighted by atomic mass is 10.1. The van der Waals surface area contributed by atoms with Crippen LogP contribution in [0.2, 0.25) is 0 Å². The van der Waals surface area contributed by atoms with Crippen molar-refractivity contribution >= 4 is 11.3 Å². The van der Waals surface area contributed by atoms with Crippen LogP contribution in [0.25, 0.3) is 16.8 Å². The lowest BCUT2D eigenvalue weighted by Crippen LogP contribution is -2.38. The Bertz CT molecular complexity index is 911. The number of hydrogen-bond donors (Lipinski definition) is 2. The first-order chi connectivity index (χ1) is 13.2. The van der Waals surface area contributed by atoms with Crippen molar-refractivity contribution in [1.29, 1.82) is 0 Å². The van der Waals surface area contributed by atoms with Crippen molar-refractivity contribution in [2.45, 2.75) is 25.3 Å². The Balaban J connectivity index is 1.55. The second-order valence-electron chi connectivity index (χ2n) is 6.29. The standard InChI is InChI=1S/C17H19F2N7O/c18-15(19)10-27-17-9-26-14(7-22-17)12(5-23-26)13-6-21-8-16(25-13)24-11-2-1-3-20-4-11/h5-9,11,15,20H,1-4,10H2,(H,24,25)/t11-/m1/s1. The molecule has 0 spiro atoms. The molecular formula is C17H19F2N7O. The molecule has 142 valence electrons. The Hall–Kier alpha value is -2.88. The van der Waals surface area contributed by atoms with Crippen molar-refractivity contribution in [1.82, 2.24) is 29.9 Å². The van der Waals surface area contributed by atoms with Gasteiger partial charge in [0.25, 0.3) is 6.43 Å². The average Bonchev–Trinajstić information content (AvgIpc) is 3.11. The van der Waals surface area contributed by atoms with Gasteiger partial charge >= 0.3 is 0 Å². The fourth-order valence-electron chi connectivity index (χ4n) is 3.04. The summed E-state index contributed by atoms with van der Waals surface area (Å²) in [5.41, 5.74) is 2.09. The van der Waals surface area contributed by atoms with Crippen LogP contribution in [0.3, 0.4) is 0 Å². The third-order valence-electron chi connectivity index (χ3n) is 4.30. The van der Waals surface area contributed by atoms with Crippen molar-refractivity contribution in [2.75, 3.05) is 25.0 Å². The smallest absolute Gasteiger partial charge is 0.272 e. The van der Waals surface area contributed by atoms with E-state index in [1.807, 2.05) is 0 Å². The van der Waals surface area contributed by atoms with E-state index in [1.165, 1.54) is 16.9 Å². The topological polar surface area (TPSA) is 89.3 Å². The van der Waals surface area contributed by atoms with Crippen LogP contribution in [-0.4, -0.2) is 56.7 Å². The molecule has 1 fully saturated rings. The molecular weight excluding hydrogens is 356 g/mol. The fraction of sp³-hybridized carbons (Fsp3) is 0.412. The van der Waals surface area contributed by atoms with E-state index in [2.05, 4.69) is 30.7 Å². The van der Waals surface area contributed by atoms with Gasteiger partial charge in [0.2, 0.25) is 5.88 Å². The molecule has 0 saturated carbocycles. The van der Waals surface area contributed by atoms with Crippen molar-refractivity contribution in [3.63, 3.8) is 0 Å². The molecule has 1 saturated heterocycles. The molecule has 4 rings (SSSR count). The van der Waals surface area contributed by atoms with Crippen molar-refractivity contribution in [2.24, 2.45) is 0 Å². The summed E-state index contributed by atoms with van der Waals surface area (Å²) < 4.78 is 31.0. The average molecular weight is 375 g/mol. The Morgan fingerprint density at radius 3 is 3.04 bits per heavy atom. The molecule has 10 heteroatoms. The summed E-state index contributed by atoms with van der Waals surface area (Å²) in [6.45, 7) is 1.23. The van der Waals surface area contributed by atoms with Gasteiger partial charge in [-0.05, 0) is 19.4 Å². The van der Waals surface area contributed by atoms with Gasteiger partial charge in [0.05, 0.1) is 42.2 Å². The number of hydrogen-bond acceptors (Lipinski definition) is 7. The van der Waals surface area contributed by atoms with Crippen molar-refractivity contribution in [3.05, 3.63) is 31.0 Å². The summed E-state index contributed by atoms with van der Waals surface area (Å²) in [6, 6.07) is 0.323. The van der Waals surface area contributed by atoms with Gasteiger partial charge in [0.15, 0.2) is 6.61 Å². The van der Waals surface area contributed by atoms with Gasteiger partial charge in [-0.3, -0.25) is 4.98 Å². The molecule has 27 heavy (non-hydrogen) atoms. The van der Waals surface area contributed by atoms with E-state index < -0.39 is 13.0 Å². The highest BCUT2D eigenvalue weighted by Crippen LogP contribution is 2.24. The number of alkyl halides is 2. The van der Waals surface area contributed by atoms with Crippen LogP contribution in [-0.2, 0) is 0 Å². The molecule has 0 unspecified atom stereocenters. The summed E-state index contributed by atoms with van der Waals surface area (Å²) in [5.74, 6) is 0.786. The number of anilines is 1. The summed E-state index contributed by atoms with van der Waals surface area (Å²) in [4.78, 5) is 13.0. The molecule has 2 N–H and O–H groups in total. The molecule has 0 aliphatic carbocycles. The van der Waals surface area contributed by atoms with Crippen LogP contribution in [0.5, 0.6) is 5.88 Å². The maximum Gasteiger partial charge on any atom is 0.272 e. The number of nitrogens with zero attached hydrogens (tertiary/aromatic N) is 5. The normalized spacial score (nSPS) is 17.4. The zero-order chi connectivity index (χ0) is 18.6. The van der Waals surface area contributed by atoms with Crippen molar-refractivity contribution in [3.8, 4) is 17.1 Å². The van der Waals surface area contributed by atoms with E-state index >= 15 is 0 Å². The minimum Gasteiger partial charge on any atom is -0.470 e. The van der Waals surface area contributed by atoms with Gasteiger partial charge in [0, 0.05) is 18.2 Å². The van der Waals surface area contributed by atoms with Crippen LogP contribution >= 0.6 is 0 Å². The number of halogens is 2. The van der Waals surface area contributed by atoms with E-state index in [0.29, 0.717) is 23.1 Å². The minimum absolute atomic E-state index is 0.0868. The zero-order valence-electron chi connectivity index (χ0n) is 14.5. The number of nitrogens with one attached hydrogen (secondary N) is 2. The molecule has 8 nitrogen and oxygen atoms in total. The van der Waals surface area contributed by atoms with Gasteiger partial charge in [-0.15, -0.1) is 0 Å². The lowest BCUT2D eigenvalue weighted by molar-refractivity contribution is 0.0793. The summed E-state index contributed by atoms with van der Waals surface area (Å²) in [7, 11) is 0. The summed E-state index contributed by atoms with van der Waals surface area (Å²) >= 11 is 0. The Morgan fingerprint density at radius 1 is 1.30 bits per heavy atom. The number of aromatic nitrogens is 5. The van der Waals surface area contributed by atoms with Crippen LogP contribution in [0, 0.1) is 0 Å². The first kappa shape index (κ1) is 17.5. The summed E-state index contributed by atoms with van der Waals surface area (Å²) in [6.07, 6.45) is 7.63. The number of ether oxygens (including phenoxy) is 1. The molecule has 1 aliphatic rings. The van der Waals surface area contributed by atoms with Gasteiger partial charge in [0.1, 0.15) is 5.82 Å². The first-order valence-electron chi connectivity index (χ1n) is 8.73. The second kappa shape index (κ2) is 7.78. The number of piperidine rings is 1. The van der Waals surface area contributed by atoms with E-state index in [4.69, 9.17) is 4.74 Å². The lowest BCUT2D eigenvalue weighted by Gasteiger charge is -2.24. The number of fused-ring (bicyclic) bond motifs is 1. The molecule has 0 radical (unpaired) electrons. The second-order valence-corrected chi connectivity index (χ2v) is 6.29. The Morgan fingerprint density at radius 2 is 2.22 bits per heavy atom. The SMILES string of the molecule is FC(F)COc1cn2ncc(-c3cncc(N[C@@H]4CCCNC4)n3)c2cn1. The predicted molar refractivity (Wildman–Crippen MR) is 95.0 cm³/mol. The fourth-order valence-corrected chi connectivity index (χ4v) is 3.04. The molecule has 0 bridgehead atoms. The van der Waals surface area contributed by atoms with Gasteiger partial charge in [-0.2, -0.15) is 5.10 Å². The third kappa shape index (κ3) is 4.11. The highest BCUT2D eigenvalue weighted by atomic mass is 19.3. The number of rotatable bonds is 6. The monoisotopic (exact) mass is 375 g/mol. The van der Waals surface area contributed by atoms with Gasteiger partial charge < -0.3 is 15.4 Å². The maximum absolute atomic E-state index is 12.3. The minimum atomic E-state index is -2.56. The van der Waals surface area contributed by atoms with Gasteiger partial charge in [-0.1, -0.05) is 0 Å². The van der Waals surface area contributed by atoms with Crippen LogP contribution in [0.1, 0.15) is 12.8 Å². The van der Waals surface area contributed by atoms with Gasteiger partial charge in [-0.25, -0.2) is 23.3 Å². The Labute approximate surface area is 154 Å². The molecule has 3 aromatic heterocycles. The van der Waals surface area contributed by atoms with Crippen LogP contribution in [0.15, 0.2) is 31.0 Å².